The van der Waals surface area contributed by atoms with Crippen LogP contribution in [0.15, 0.2) is 22.3 Å². The van der Waals surface area contributed by atoms with E-state index in [1.165, 1.54) is 44.9 Å². The molecule has 0 aromatic heterocycles. The second-order valence-corrected chi connectivity index (χ2v) is 6.11. The molecule has 3 heteroatoms. The molecule has 3 aliphatic carbocycles. The molecule has 3 aliphatic rings. The van der Waals surface area contributed by atoms with Gasteiger partial charge >= 0.3 is 27.7 Å². The fourth-order valence-electron chi connectivity index (χ4n) is 3.72. The van der Waals surface area contributed by atoms with Gasteiger partial charge in [0, 0.05) is 6.42 Å². The summed E-state index contributed by atoms with van der Waals surface area (Å²) in [4.78, 5) is 9.60. The predicted octanol–water partition coefficient (Wildman–Crippen LogP) is 5.96. The van der Waals surface area contributed by atoms with Crippen molar-refractivity contribution in [2.24, 2.45) is 5.92 Å². The second kappa shape index (κ2) is 12.0. The largest absolute Gasteiger partial charge is 3.00 e. The predicted molar refractivity (Wildman–Crippen MR) is 95.2 cm³/mol. The number of allylic oxidation sites excluding steroid dienone is 4. The molecule has 0 aromatic carbocycles. The van der Waals surface area contributed by atoms with Gasteiger partial charge in [0.2, 0.25) is 0 Å². The van der Waals surface area contributed by atoms with Crippen molar-refractivity contribution in [2.45, 2.75) is 71.6 Å². The van der Waals surface area contributed by atoms with Crippen molar-refractivity contribution in [1.82, 2.24) is 0 Å². The summed E-state index contributed by atoms with van der Waals surface area (Å²) in [5.74, 6) is 0.0677. The summed E-state index contributed by atoms with van der Waals surface area (Å²) < 4.78 is 0. The Kier molecular flexibility index (Phi) is 12.9. The molecule has 1 atom stereocenters. The number of fused-ring (bicyclic) bond motifs is 1. The quantitative estimate of drug-likeness (QED) is 0.491. The molecule has 2 nitrogen and oxygen atoms in total. The van der Waals surface area contributed by atoms with Crippen LogP contribution in [0, 0.1) is 27.2 Å². The van der Waals surface area contributed by atoms with E-state index in [0.717, 1.165) is 12.3 Å². The standard InChI is InChI=1S/C14H19.C4H8O2.2CH3.Ti/c1-10-11-6-2-4-8-13(11)14-9-5-3-7-12(10)14;1-2-3-4(5)6;;;/h6,10H,2-5,7-9H2,1H3;2-3H2,1H3,(H,5,6);2*1H3;/q-1;;2*-1;+3. The summed E-state index contributed by atoms with van der Waals surface area (Å²) in [5.41, 5.74) is 7.07. The summed E-state index contributed by atoms with van der Waals surface area (Å²) >= 11 is 0. The van der Waals surface area contributed by atoms with Gasteiger partial charge in [0.15, 0.2) is 0 Å². The summed E-state index contributed by atoms with van der Waals surface area (Å²) in [6.07, 6.45) is 13.3. The maximum Gasteiger partial charge on any atom is 3.00 e. The third-order valence-electron chi connectivity index (χ3n) is 4.67. The van der Waals surface area contributed by atoms with Crippen LogP contribution in [0.4, 0.5) is 0 Å². The summed E-state index contributed by atoms with van der Waals surface area (Å²) in [6, 6.07) is 0. The van der Waals surface area contributed by atoms with Gasteiger partial charge in [-0.3, -0.25) is 4.79 Å². The number of carboxylic acid groups (broad SMARTS) is 1. The average molecular weight is 353 g/mol. The monoisotopic (exact) mass is 353 g/mol. The van der Waals surface area contributed by atoms with Crippen LogP contribution < -0.4 is 0 Å². The molecule has 0 spiro atoms. The van der Waals surface area contributed by atoms with E-state index in [-0.39, 0.29) is 36.6 Å². The first-order valence-corrected chi connectivity index (χ1v) is 8.15. The van der Waals surface area contributed by atoms with Crippen LogP contribution in [0.1, 0.15) is 71.6 Å². The van der Waals surface area contributed by atoms with E-state index in [0.29, 0.717) is 6.42 Å². The van der Waals surface area contributed by atoms with Crippen LogP contribution in [0.2, 0.25) is 0 Å². The van der Waals surface area contributed by atoms with Crippen molar-refractivity contribution in [2.75, 3.05) is 0 Å². The third kappa shape index (κ3) is 6.16. The fourth-order valence-corrected chi connectivity index (χ4v) is 3.72. The maximum absolute atomic E-state index is 9.60. The van der Waals surface area contributed by atoms with Gasteiger partial charge in [-0.2, -0.15) is 5.57 Å². The molecule has 129 valence electrons. The normalized spacial score (nSPS) is 21.2. The Bertz CT molecular complexity index is 403. The molecule has 1 unspecified atom stereocenters. The van der Waals surface area contributed by atoms with Crippen LogP contribution in [-0.2, 0) is 26.5 Å². The molecular formula is C20H33O2Ti. The molecule has 1 N–H and O–H groups in total. The van der Waals surface area contributed by atoms with Crippen molar-refractivity contribution < 1.29 is 31.6 Å². The van der Waals surface area contributed by atoms with Gasteiger partial charge in [0.05, 0.1) is 0 Å². The van der Waals surface area contributed by atoms with Crippen LogP contribution in [0.3, 0.4) is 0 Å². The molecule has 0 bridgehead atoms. The van der Waals surface area contributed by atoms with E-state index in [9.17, 15) is 4.79 Å². The first kappa shape index (κ1) is 24.8. The van der Waals surface area contributed by atoms with E-state index in [1.54, 1.807) is 22.3 Å². The number of aliphatic carboxylic acids is 1. The van der Waals surface area contributed by atoms with Crippen molar-refractivity contribution in [1.29, 1.82) is 0 Å². The van der Waals surface area contributed by atoms with Gasteiger partial charge in [-0.25, -0.2) is 12.0 Å². The number of rotatable bonds is 2. The van der Waals surface area contributed by atoms with Gasteiger partial charge in [-0.15, -0.1) is 12.0 Å². The van der Waals surface area contributed by atoms with Crippen molar-refractivity contribution in [3.63, 3.8) is 0 Å². The van der Waals surface area contributed by atoms with Crippen LogP contribution in [0.25, 0.3) is 0 Å². The zero-order valence-corrected chi connectivity index (χ0v) is 16.9. The fraction of sp³-hybridized carbons (Fsp3) is 0.600. The van der Waals surface area contributed by atoms with Crippen molar-refractivity contribution in [3.8, 4) is 0 Å². The number of carbonyl (C=O) groups is 1. The molecule has 3 rings (SSSR count). The van der Waals surface area contributed by atoms with Crippen molar-refractivity contribution >= 4 is 5.97 Å². The zero-order chi connectivity index (χ0) is 14.5. The van der Waals surface area contributed by atoms with Crippen molar-refractivity contribution in [3.05, 3.63) is 43.6 Å². The molecule has 1 radical (unpaired) electrons. The first-order valence-electron chi connectivity index (χ1n) is 8.15. The Labute approximate surface area is 158 Å². The van der Waals surface area contributed by atoms with Gasteiger partial charge < -0.3 is 20.0 Å². The summed E-state index contributed by atoms with van der Waals surface area (Å²) in [6.45, 7) is 4.26. The first-order chi connectivity index (χ1) is 9.65. The molecule has 0 saturated carbocycles. The Morgan fingerprint density at radius 3 is 2.30 bits per heavy atom. The smallest absolute Gasteiger partial charge is 0.481 e. The SMILES string of the molecule is CC1C2=C(CCC[CH-]2)C2=C1CCCC2.CCCC(=O)O.[CH3-].[CH3-].[Ti+3]. The summed E-state index contributed by atoms with van der Waals surface area (Å²) in [7, 11) is 0. The maximum atomic E-state index is 9.60. The third-order valence-corrected chi connectivity index (χ3v) is 4.67. The van der Waals surface area contributed by atoms with Gasteiger partial charge in [0.25, 0.3) is 0 Å². The molecular weight excluding hydrogens is 320 g/mol. The molecule has 0 aromatic rings. The van der Waals surface area contributed by atoms with Crippen LogP contribution >= 0.6 is 0 Å². The van der Waals surface area contributed by atoms with Gasteiger partial charge in [0.1, 0.15) is 0 Å². The van der Waals surface area contributed by atoms with E-state index >= 15 is 0 Å². The van der Waals surface area contributed by atoms with E-state index in [2.05, 4.69) is 13.3 Å². The number of carboxylic acids is 1. The Balaban J connectivity index is 0. The molecule has 0 saturated heterocycles. The molecule has 23 heavy (non-hydrogen) atoms. The second-order valence-electron chi connectivity index (χ2n) is 6.11. The zero-order valence-electron chi connectivity index (χ0n) is 15.4. The molecule has 0 aliphatic heterocycles. The van der Waals surface area contributed by atoms with Gasteiger partial charge in [-0.05, 0) is 31.6 Å². The molecule has 0 heterocycles. The van der Waals surface area contributed by atoms with Gasteiger partial charge in [-0.1, -0.05) is 38.7 Å². The average Bonchev–Trinajstić information content (AvgIpc) is 2.74. The Hall–Kier alpha value is -0.466. The molecule has 0 amide bonds. The van der Waals surface area contributed by atoms with Crippen LogP contribution in [-0.4, -0.2) is 11.1 Å². The Morgan fingerprint density at radius 1 is 1.13 bits per heavy atom. The number of hydrogen-bond donors (Lipinski definition) is 1. The number of hydrogen-bond acceptors (Lipinski definition) is 1. The topological polar surface area (TPSA) is 37.3 Å². The molecule has 0 fully saturated rings. The Morgan fingerprint density at radius 2 is 1.74 bits per heavy atom. The minimum atomic E-state index is -0.711. The van der Waals surface area contributed by atoms with E-state index < -0.39 is 5.97 Å². The minimum Gasteiger partial charge on any atom is -0.481 e. The summed E-state index contributed by atoms with van der Waals surface area (Å²) in [5, 5.41) is 7.91. The van der Waals surface area contributed by atoms with E-state index in [4.69, 9.17) is 5.11 Å². The van der Waals surface area contributed by atoms with Crippen LogP contribution in [0.5, 0.6) is 0 Å². The minimum absolute atomic E-state index is 0. The van der Waals surface area contributed by atoms with E-state index in [1.807, 2.05) is 6.92 Å².